The summed E-state index contributed by atoms with van der Waals surface area (Å²) in [6.45, 7) is 4.44. The molecule has 3 aromatic rings. The summed E-state index contributed by atoms with van der Waals surface area (Å²) in [4.78, 5) is 38.7. The van der Waals surface area contributed by atoms with Gasteiger partial charge < -0.3 is 19.9 Å². The lowest BCUT2D eigenvalue weighted by molar-refractivity contribution is -0.153. The average molecular weight is 597 g/mol. The predicted molar refractivity (Wildman–Crippen MR) is 135 cm³/mol. The van der Waals surface area contributed by atoms with Crippen molar-refractivity contribution in [1.82, 2.24) is 9.88 Å². The molecule has 2 N–H and O–H groups in total. The molecule has 1 unspecified atom stereocenters. The number of carbonyl (C=O) groups is 2. The maximum Gasteiger partial charge on any atom is 0.416 e. The quantitative estimate of drug-likeness (QED) is 0.412. The normalized spacial score (nSPS) is 15.2. The minimum absolute atomic E-state index is 0.00555. The Morgan fingerprint density at radius 2 is 1.82 bits per heavy atom. The van der Waals surface area contributed by atoms with E-state index < -0.39 is 58.7 Å². The molecule has 202 valence electrons. The molecule has 0 saturated carbocycles. The van der Waals surface area contributed by atoms with Gasteiger partial charge in [0.1, 0.15) is 35.8 Å². The Morgan fingerprint density at radius 3 is 2.42 bits per heavy atom. The van der Waals surface area contributed by atoms with Crippen molar-refractivity contribution in [3.05, 3.63) is 67.9 Å². The number of esters is 1. The molecule has 1 aromatic heterocycles. The summed E-state index contributed by atoms with van der Waals surface area (Å²) < 4.78 is 51.6. The van der Waals surface area contributed by atoms with Gasteiger partial charge >= 0.3 is 12.1 Å². The second kappa shape index (κ2) is 9.97. The number of alkyl halides is 3. The average Bonchev–Trinajstić information content (AvgIpc) is 2.80. The number of benzene rings is 2. The largest absolute Gasteiger partial charge is 0.506 e. The first-order valence-electron chi connectivity index (χ1n) is 11.6. The van der Waals surface area contributed by atoms with Gasteiger partial charge in [-0.2, -0.15) is 13.2 Å². The highest BCUT2D eigenvalue weighted by Crippen LogP contribution is 2.41. The van der Waals surface area contributed by atoms with Crippen molar-refractivity contribution in [2.75, 3.05) is 13.2 Å². The molecule has 0 bridgehead atoms. The third-order valence-electron chi connectivity index (χ3n) is 5.83. The first-order chi connectivity index (χ1) is 17.7. The van der Waals surface area contributed by atoms with Crippen molar-refractivity contribution >= 4 is 38.7 Å². The molecule has 4 rings (SSSR count). The lowest BCUT2D eigenvalue weighted by Crippen LogP contribution is -2.40. The van der Waals surface area contributed by atoms with Crippen molar-refractivity contribution in [2.45, 2.75) is 45.0 Å². The van der Waals surface area contributed by atoms with Gasteiger partial charge in [0.2, 0.25) is 0 Å². The van der Waals surface area contributed by atoms with Crippen molar-refractivity contribution in [3.63, 3.8) is 0 Å². The smallest absolute Gasteiger partial charge is 0.416 e. The summed E-state index contributed by atoms with van der Waals surface area (Å²) in [5.41, 5.74) is -2.27. The van der Waals surface area contributed by atoms with E-state index in [-0.39, 0.29) is 23.9 Å². The molecule has 0 fully saturated rings. The zero-order chi connectivity index (χ0) is 28.0. The van der Waals surface area contributed by atoms with E-state index in [0.29, 0.717) is 15.8 Å². The van der Waals surface area contributed by atoms with Crippen LogP contribution >= 0.6 is 15.9 Å². The maximum atomic E-state index is 13.6. The predicted octanol–water partition coefficient (Wildman–Crippen LogP) is 4.74. The van der Waals surface area contributed by atoms with Crippen molar-refractivity contribution in [3.8, 4) is 11.5 Å². The van der Waals surface area contributed by atoms with Gasteiger partial charge in [-0.1, -0.05) is 12.1 Å². The summed E-state index contributed by atoms with van der Waals surface area (Å²) >= 11 is 3.34. The van der Waals surface area contributed by atoms with Crippen LogP contribution in [0, 0.1) is 0 Å². The van der Waals surface area contributed by atoms with Gasteiger partial charge in [-0.05, 0) is 73.0 Å². The van der Waals surface area contributed by atoms with Crippen LogP contribution in [0.5, 0.6) is 11.5 Å². The first-order valence-corrected chi connectivity index (χ1v) is 12.4. The number of hydrogen-bond acceptors (Lipinski definition) is 6. The number of aromatic hydroxyl groups is 1. The van der Waals surface area contributed by atoms with Crippen LogP contribution in [0.25, 0.3) is 10.9 Å². The number of ether oxygens (including phenoxy) is 2. The second-order valence-electron chi connectivity index (χ2n) is 9.80. The Bertz CT molecular complexity index is 1480. The summed E-state index contributed by atoms with van der Waals surface area (Å²) in [6, 6.07) is 7.01. The van der Waals surface area contributed by atoms with E-state index in [2.05, 4.69) is 21.2 Å². The van der Waals surface area contributed by atoms with Crippen LogP contribution in [0.1, 0.15) is 48.3 Å². The second-order valence-corrected chi connectivity index (χ2v) is 10.7. The third-order valence-corrected chi connectivity index (χ3v) is 6.49. The molecule has 1 amide bonds. The van der Waals surface area contributed by atoms with E-state index in [0.717, 1.165) is 12.1 Å². The van der Waals surface area contributed by atoms with Crippen molar-refractivity contribution in [1.29, 1.82) is 0 Å². The maximum absolute atomic E-state index is 13.6. The fourth-order valence-corrected chi connectivity index (χ4v) is 4.77. The highest BCUT2D eigenvalue weighted by molar-refractivity contribution is 9.10. The highest BCUT2D eigenvalue weighted by Gasteiger charge is 2.33. The van der Waals surface area contributed by atoms with E-state index in [1.807, 2.05) is 0 Å². The molecule has 0 radical (unpaired) electrons. The molecule has 8 nitrogen and oxygen atoms in total. The van der Waals surface area contributed by atoms with Gasteiger partial charge in [0.25, 0.3) is 11.5 Å². The number of rotatable bonds is 5. The summed E-state index contributed by atoms with van der Waals surface area (Å²) in [5, 5.41) is 13.5. The molecule has 1 aliphatic rings. The number of amides is 1. The SMILES string of the molecule is CC(C)(C)OC(=O)CNC(=O)c1c(O)c2c(Br)ccc3c2n(c1=O)C(Cc1ccc(C(F)(F)F)cc1)CO3. The number of carbonyl (C=O) groups excluding carboxylic acids is 2. The van der Waals surface area contributed by atoms with Gasteiger partial charge in [0, 0.05) is 4.47 Å². The fourth-order valence-electron chi connectivity index (χ4n) is 4.26. The molecule has 2 aromatic carbocycles. The Hall–Kier alpha value is -3.54. The van der Waals surface area contributed by atoms with E-state index in [1.165, 1.54) is 16.7 Å². The molecular formula is C26H24BrF3N2O6. The van der Waals surface area contributed by atoms with Crippen LogP contribution in [0.3, 0.4) is 0 Å². The first kappa shape index (κ1) is 27.5. The molecule has 2 heterocycles. The van der Waals surface area contributed by atoms with Crippen molar-refractivity contribution in [2.24, 2.45) is 0 Å². The summed E-state index contributed by atoms with van der Waals surface area (Å²) in [7, 11) is 0. The fraction of sp³-hybridized carbons (Fsp3) is 0.346. The molecule has 38 heavy (non-hydrogen) atoms. The minimum atomic E-state index is -4.49. The van der Waals surface area contributed by atoms with Gasteiger partial charge in [-0.15, -0.1) is 0 Å². The topological polar surface area (TPSA) is 107 Å². The number of nitrogens with one attached hydrogen (secondary N) is 1. The van der Waals surface area contributed by atoms with E-state index in [9.17, 15) is 32.7 Å². The van der Waals surface area contributed by atoms with Crippen LogP contribution in [-0.4, -0.2) is 40.3 Å². The Morgan fingerprint density at radius 1 is 1.16 bits per heavy atom. The highest BCUT2D eigenvalue weighted by atomic mass is 79.9. The Balaban J connectivity index is 1.75. The molecule has 0 aliphatic carbocycles. The van der Waals surface area contributed by atoms with Crippen molar-refractivity contribution < 1.29 is 37.3 Å². The Kier molecular flexibility index (Phi) is 7.21. The van der Waals surface area contributed by atoms with Crippen LogP contribution in [0.2, 0.25) is 0 Å². The van der Waals surface area contributed by atoms with Crippen LogP contribution in [0.15, 0.2) is 45.7 Å². The minimum Gasteiger partial charge on any atom is -0.506 e. The lowest BCUT2D eigenvalue weighted by Gasteiger charge is -2.30. The van der Waals surface area contributed by atoms with E-state index >= 15 is 0 Å². The monoisotopic (exact) mass is 596 g/mol. The molecule has 1 atom stereocenters. The van der Waals surface area contributed by atoms with E-state index in [1.54, 1.807) is 32.9 Å². The summed E-state index contributed by atoms with van der Waals surface area (Å²) in [5.74, 6) is -2.03. The van der Waals surface area contributed by atoms with Gasteiger partial charge in [0.05, 0.1) is 22.5 Å². The number of aromatic nitrogens is 1. The van der Waals surface area contributed by atoms with E-state index in [4.69, 9.17) is 9.47 Å². The number of nitrogens with zero attached hydrogens (tertiary/aromatic N) is 1. The molecule has 0 spiro atoms. The summed E-state index contributed by atoms with van der Waals surface area (Å²) in [6.07, 6.45) is -4.37. The number of hydrogen-bond donors (Lipinski definition) is 2. The van der Waals surface area contributed by atoms with Gasteiger partial charge in [0.15, 0.2) is 0 Å². The van der Waals surface area contributed by atoms with Crippen LogP contribution in [0.4, 0.5) is 13.2 Å². The van der Waals surface area contributed by atoms with Gasteiger partial charge in [-0.25, -0.2) is 0 Å². The van der Waals surface area contributed by atoms with Crippen LogP contribution in [-0.2, 0) is 22.1 Å². The molecule has 12 heteroatoms. The number of pyridine rings is 1. The standard InChI is InChI=1S/C26H24BrF3N2O6/c1-25(2,3)38-18(33)11-31-23(35)20-22(34)19-16(27)8-9-17-21(19)32(24(20)36)15(12-37-17)10-13-4-6-14(7-5-13)26(28,29)30/h4-9,15,34H,10-12H2,1-3H3,(H,31,35). The Labute approximate surface area is 223 Å². The lowest BCUT2D eigenvalue weighted by atomic mass is 10.0. The van der Waals surface area contributed by atoms with Gasteiger partial charge in [-0.3, -0.25) is 19.0 Å². The molecule has 0 saturated heterocycles. The molecule has 1 aliphatic heterocycles. The third kappa shape index (κ3) is 5.50. The zero-order valence-electron chi connectivity index (χ0n) is 20.6. The number of halogens is 4. The molecular weight excluding hydrogens is 573 g/mol. The zero-order valence-corrected chi connectivity index (χ0v) is 22.2. The van der Waals surface area contributed by atoms with Crippen LogP contribution < -0.4 is 15.6 Å².